The number of carbonyl (C=O) groups is 1. The van der Waals surface area contributed by atoms with Gasteiger partial charge < -0.3 is 9.64 Å². The molecule has 0 saturated heterocycles. The number of hydrogen-bond acceptors (Lipinski definition) is 4. The summed E-state index contributed by atoms with van der Waals surface area (Å²) in [4.78, 5) is 14.1. The van der Waals surface area contributed by atoms with E-state index in [9.17, 15) is 13.2 Å². The van der Waals surface area contributed by atoms with Gasteiger partial charge in [0.25, 0.3) is 15.0 Å². The van der Waals surface area contributed by atoms with Crippen LogP contribution in [0, 0.1) is 5.92 Å². The molecule has 1 amide bonds. The molecule has 7 heteroatoms. The number of carbonyl (C=O) groups excluding carboxylic acids is 1. The molecule has 0 spiro atoms. The predicted octanol–water partition coefficient (Wildman–Crippen LogP) is 2.74. The molecule has 0 aliphatic rings. The van der Waals surface area contributed by atoms with E-state index in [0.717, 1.165) is 0 Å². The quantitative estimate of drug-likeness (QED) is 0.751. The van der Waals surface area contributed by atoms with Crippen molar-refractivity contribution in [1.82, 2.24) is 4.90 Å². The second-order valence-corrected chi connectivity index (χ2v) is 7.60. The molecule has 21 heavy (non-hydrogen) atoms. The summed E-state index contributed by atoms with van der Waals surface area (Å²) in [5.41, 5.74) is 0.196. The first-order chi connectivity index (χ1) is 9.70. The third kappa shape index (κ3) is 4.61. The van der Waals surface area contributed by atoms with Crippen molar-refractivity contribution in [2.24, 2.45) is 5.92 Å². The largest absolute Gasteiger partial charge is 0.496 e. The summed E-state index contributed by atoms with van der Waals surface area (Å²) in [7, 11) is 2.87. The number of benzene rings is 1. The van der Waals surface area contributed by atoms with E-state index in [4.69, 9.17) is 15.4 Å². The van der Waals surface area contributed by atoms with Crippen LogP contribution in [0.2, 0.25) is 0 Å². The molecule has 0 atom stereocenters. The smallest absolute Gasteiger partial charge is 0.261 e. The molecular formula is C14H20ClNO4S. The number of ether oxygens (including phenoxy) is 1. The number of halogens is 1. The van der Waals surface area contributed by atoms with Gasteiger partial charge in [0.2, 0.25) is 0 Å². The van der Waals surface area contributed by atoms with Gasteiger partial charge in [-0.15, -0.1) is 0 Å². The van der Waals surface area contributed by atoms with Crippen molar-refractivity contribution in [3.05, 3.63) is 23.8 Å². The Labute approximate surface area is 130 Å². The number of hydrogen-bond donors (Lipinski definition) is 0. The molecular weight excluding hydrogens is 314 g/mol. The van der Waals surface area contributed by atoms with Crippen molar-refractivity contribution in [3.63, 3.8) is 0 Å². The summed E-state index contributed by atoms with van der Waals surface area (Å²) in [5.74, 6) is 0.358. The molecule has 0 aromatic heterocycles. The van der Waals surface area contributed by atoms with Crippen LogP contribution in [-0.2, 0) is 9.05 Å². The van der Waals surface area contributed by atoms with Gasteiger partial charge in [0.05, 0.1) is 17.6 Å². The van der Waals surface area contributed by atoms with E-state index < -0.39 is 9.05 Å². The van der Waals surface area contributed by atoms with Crippen molar-refractivity contribution in [2.75, 3.05) is 20.2 Å². The minimum Gasteiger partial charge on any atom is -0.496 e. The minimum absolute atomic E-state index is 0.117. The zero-order valence-electron chi connectivity index (χ0n) is 12.6. The molecule has 1 aromatic carbocycles. The van der Waals surface area contributed by atoms with Gasteiger partial charge in [-0.05, 0) is 31.0 Å². The number of methoxy groups -OCH3 is 1. The van der Waals surface area contributed by atoms with Crippen molar-refractivity contribution in [2.45, 2.75) is 25.7 Å². The maximum atomic E-state index is 12.6. The summed E-state index contributed by atoms with van der Waals surface area (Å²) in [6.45, 7) is 6.99. The van der Waals surface area contributed by atoms with Crippen LogP contribution in [0.5, 0.6) is 5.75 Å². The average Bonchev–Trinajstić information content (AvgIpc) is 2.42. The van der Waals surface area contributed by atoms with Gasteiger partial charge in [-0.2, -0.15) is 0 Å². The van der Waals surface area contributed by atoms with Gasteiger partial charge in [0.1, 0.15) is 5.75 Å². The van der Waals surface area contributed by atoms with Gasteiger partial charge in [0, 0.05) is 23.8 Å². The summed E-state index contributed by atoms with van der Waals surface area (Å²) in [5, 5.41) is 0. The molecule has 0 fully saturated rings. The summed E-state index contributed by atoms with van der Waals surface area (Å²) < 4.78 is 28.0. The third-order valence-corrected chi connectivity index (χ3v) is 4.29. The Balaban J connectivity index is 3.28. The van der Waals surface area contributed by atoms with Gasteiger partial charge >= 0.3 is 0 Å². The van der Waals surface area contributed by atoms with E-state index in [1.807, 2.05) is 20.8 Å². The molecule has 0 saturated carbocycles. The van der Waals surface area contributed by atoms with E-state index in [2.05, 4.69) is 0 Å². The highest BCUT2D eigenvalue weighted by Gasteiger charge is 2.22. The first kappa shape index (κ1) is 17.8. The van der Waals surface area contributed by atoms with E-state index in [1.54, 1.807) is 4.90 Å². The Morgan fingerprint density at radius 2 is 2.00 bits per heavy atom. The van der Waals surface area contributed by atoms with E-state index in [-0.39, 0.29) is 16.4 Å². The fourth-order valence-corrected chi connectivity index (χ4v) is 2.75. The standard InChI is InChI=1S/C14H20ClNO4S/c1-5-16(9-10(2)3)14(17)12-8-11(21(15,18)19)6-7-13(12)20-4/h6-8,10H,5,9H2,1-4H3. The highest BCUT2D eigenvalue weighted by Crippen LogP contribution is 2.26. The molecule has 0 N–H and O–H groups in total. The van der Waals surface area contributed by atoms with Crippen LogP contribution in [0.25, 0.3) is 0 Å². The lowest BCUT2D eigenvalue weighted by Gasteiger charge is -2.24. The van der Waals surface area contributed by atoms with Crippen LogP contribution in [0.1, 0.15) is 31.1 Å². The monoisotopic (exact) mass is 333 g/mol. The molecule has 5 nitrogen and oxygen atoms in total. The first-order valence-electron chi connectivity index (χ1n) is 6.62. The highest BCUT2D eigenvalue weighted by atomic mass is 35.7. The fourth-order valence-electron chi connectivity index (χ4n) is 1.97. The Morgan fingerprint density at radius 1 is 1.38 bits per heavy atom. The van der Waals surface area contributed by atoms with Crippen LogP contribution < -0.4 is 4.74 Å². The highest BCUT2D eigenvalue weighted by molar-refractivity contribution is 8.13. The number of nitrogens with zero attached hydrogens (tertiary/aromatic N) is 1. The van der Waals surface area contributed by atoms with Crippen molar-refractivity contribution in [1.29, 1.82) is 0 Å². The zero-order chi connectivity index (χ0) is 16.2. The SMILES string of the molecule is CCN(CC(C)C)C(=O)c1cc(S(=O)(=O)Cl)ccc1OC. The van der Waals surface area contributed by atoms with Crippen LogP contribution in [0.15, 0.2) is 23.1 Å². The lowest BCUT2D eigenvalue weighted by atomic mass is 10.1. The number of amides is 1. The zero-order valence-corrected chi connectivity index (χ0v) is 14.2. The topological polar surface area (TPSA) is 63.7 Å². The molecule has 0 aliphatic carbocycles. The molecule has 0 heterocycles. The lowest BCUT2D eigenvalue weighted by Crippen LogP contribution is -2.34. The van der Waals surface area contributed by atoms with Gasteiger partial charge in [0.15, 0.2) is 0 Å². The molecule has 1 rings (SSSR count). The molecule has 0 unspecified atom stereocenters. The van der Waals surface area contributed by atoms with Crippen LogP contribution in [0.3, 0.4) is 0 Å². The predicted molar refractivity (Wildman–Crippen MR) is 82.4 cm³/mol. The van der Waals surface area contributed by atoms with E-state index in [0.29, 0.717) is 24.8 Å². The Hall–Kier alpha value is -1.27. The van der Waals surface area contributed by atoms with Gasteiger partial charge in [-0.25, -0.2) is 8.42 Å². The van der Waals surface area contributed by atoms with Crippen molar-refractivity contribution >= 4 is 25.6 Å². The van der Waals surface area contributed by atoms with Crippen LogP contribution >= 0.6 is 10.7 Å². The molecule has 1 aromatic rings. The van der Waals surface area contributed by atoms with Crippen molar-refractivity contribution in [3.8, 4) is 5.75 Å². The summed E-state index contributed by atoms with van der Waals surface area (Å²) in [6, 6.07) is 4.01. The molecule has 0 radical (unpaired) electrons. The fraction of sp³-hybridized carbons (Fsp3) is 0.500. The Kier molecular flexibility index (Phi) is 6.04. The second kappa shape index (κ2) is 7.13. The molecule has 118 valence electrons. The molecule has 0 aliphatic heterocycles. The summed E-state index contributed by atoms with van der Waals surface area (Å²) in [6.07, 6.45) is 0. The maximum Gasteiger partial charge on any atom is 0.261 e. The van der Waals surface area contributed by atoms with Crippen LogP contribution in [0.4, 0.5) is 0 Å². The maximum absolute atomic E-state index is 12.6. The summed E-state index contributed by atoms with van der Waals surface area (Å²) >= 11 is 0. The third-order valence-electron chi connectivity index (χ3n) is 2.94. The second-order valence-electron chi connectivity index (χ2n) is 5.04. The first-order valence-corrected chi connectivity index (χ1v) is 8.93. The molecule has 0 bridgehead atoms. The Morgan fingerprint density at radius 3 is 2.43 bits per heavy atom. The average molecular weight is 334 g/mol. The Bertz CT molecular complexity index is 613. The van der Waals surface area contributed by atoms with Crippen LogP contribution in [-0.4, -0.2) is 39.4 Å². The minimum atomic E-state index is -3.89. The van der Waals surface area contributed by atoms with Crippen molar-refractivity contribution < 1.29 is 17.9 Å². The number of rotatable bonds is 6. The van der Waals surface area contributed by atoms with Gasteiger partial charge in [-0.3, -0.25) is 4.79 Å². The lowest BCUT2D eigenvalue weighted by molar-refractivity contribution is 0.0742. The van der Waals surface area contributed by atoms with E-state index in [1.165, 1.54) is 25.3 Å². The van der Waals surface area contributed by atoms with E-state index >= 15 is 0 Å². The normalized spacial score (nSPS) is 11.5. The van der Waals surface area contributed by atoms with Gasteiger partial charge in [-0.1, -0.05) is 13.8 Å².